The van der Waals surface area contributed by atoms with Gasteiger partial charge in [0, 0.05) is 0 Å². The predicted molar refractivity (Wildman–Crippen MR) is 105 cm³/mol. The van der Waals surface area contributed by atoms with Gasteiger partial charge in [0.1, 0.15) is 0 Å². The summed E-state index contributed by atoms with van der Waals surface area (Å²) in [6, 6.07) is 0. The van der Waals surface area contributed by atoms with Crippen molar-refractivity contribution in [1.29, 1.82) is 0 Å². The molecule has 0 fully saturated rings. The molecule has 128 valence electrons. The van der Waals surface area contributed by atoms with Gasteiger partial charge in [-0.25, -0.2) is 0 Å². The van der Waals surface area contributed by atoms with Crippen molar-refractivity contribution in [2.75, 3.05) is 0 Å². The van der Waals surface area contributed by atoms with Gasteiger partial charge >= 0.3 is 0 Å². The van der Waals surface area contributed by atoms with Crippen molar-refractivity contribution >= 4 is 0 Å². The van der Waals surface area contributed by atoms with Crippen LogP contribution >= 0.6 is 0 Å². The smallest absolute Gasteiger partial charge is 0.0758 e. The fourth-order valence-electron chi connectivity index (χ4n) is 1.83. The first-order chi connectivity index (χ1) is 11.3. The zero-order chi connectivity index (χ0) is 17.0. The lowest BCUT2D eigenvalue weighted by atomic mass is 10.2. The normalized spacial score (nSPS) is 14.7. The molecular weight excluding hydrogens is 280 g/mol. The van der Waals surface area contributed by atoms with Crippen molar-refractivity contribution in [2.45, 2.75) is 64.9 Å². The first-order valence-corrected chi connectivity index (χ1v) is 8.92. The zero-order valence-electron chi connectivity index (χ0n) is 14.9. The largest absolute Gasteiger partial charge is 0.389 e. The first-order valence-electron chi connectivity index (χ1n) is 8.92. The summed E-state index contributed by atoms with van der Waals surface area (Å²) in [5.74, 6) is 0. The molecule has 0 saturated heterocycles. The van der Waals surface area contributed by atoms with Gasteiger partial charge in [-0.05, 0) is 38.5 Å². The van der Waals surface area contributed by atoms with E-state index in [9.17, 15) is 5.11 Å². The van der Waals surface area contributed by atoms with Crippen LogP contribution in [0.3, 0.4) is 0 Å². The fourth-order valence-corrected chi connectivity index (χ4v) is 1.83. The van der Waals surface area contributed by atoms with Crippen LogP contribution in [0.1, 0.15) is 58.8 Å². The summed E-state index contributed by atoms with van der Waals surface area (Å²) >= 11 is 0. The van der Waals surface area contributed by atoms with Gasteiger partial charge in [-0.1, -0.05) is 93.2 Å². The third-order valence-corrected chi connectivity index (χ3v) is 3.13. The number of rotatable bonds is 13. The molecule has 0 heterocycles. The molecule has 0 aliphatic rings. The predicted octanol–water partition coefficient (Wildman–Crippen LogP) is 6.46. The third-order valence-electron chi connectivity index (χ3n) is 3.13. The summed E-state index contributed by atoms with van der Waals surface area (Å²) in [7, 11) is 0. The summed E-state index contributed by atoms with van der Waals surface area (Å²) in [5.41, 5.74) is 0. The van der Waals surface area contributed by atoms with Crippen LogP contribution in [0.5, 0.6) is 0 Å². The van der Waals surface area contributed by atoms with E-state index >= 15 is 0 Å². The summed E-state index contributed by atoms with van der Waals surface area (Å²) in [6.07, 6.45) is 31.7. The van der Waals surface area contributed by atoms with Gasteiger partial charge in [-0.15, -0.1) is 0 Å². The first kappa shape index (κ1) is 21.4. The summed E-state index contributed by atoms with van der Waals surface area (Å²) in [4.78, 5) is 0. The molecule has 0 amide bonds. The Hall–Kier alpha value is -1.60. The van der Waals surface area contributed by atoms with E-state index in [1.165, 1.54) is 12.8 Å². The number of unbranched alkanes of at least 4 members (excludes halogenated alkanes) is 1. The Morgan fingerprint density at radius 3 is 2.00 bits per heavy atom. The topological polar surface area (TPSA) is 20.2 Å². The molecule has 1 atom stereocenters. The van der Waals surface area contributed by atoms with E-state index in [-0.39, 0.29) is 0 Å². The Kier molecular flexibility index (Phi) is 17.2. The molecule has 0 aromatic heterocycles. The minimum atomic E-state index is -0.400. The third kappa shape index (κ3) is 18.4. The lowest BCUT2D eigenvalue weighted by Gasteiger charge is -1.98. The fraction of sp³-hybridized carbons (Fsp3) is 0.455. The number of allylic oxidation sites excluding steroid dienone is 10. The second-order valence-electron chi connectivity index (χ2n) is 5.41. The van der Waals surface area contributed by atoms with Crippen LogP contribution in [0.4, 0.5) is 0 Å². The lowest BCUT2D eigenvalue weighted by Crippen LogP contribution is -1.98. The molecule has 0 aromatic carbocycles. The highest BCUT2D eigenvalue weighted by molar-refractivity contribution is 5.07. The van der Waals surface area contributed by atoms with Crippen molar-refractivity contribution in [1.82, 2.24) is 0 Å². The van der Waals surface area contributed by atoms with E-state index in [2.05, 4.69) is 62.5 Å². The van der Waals surface area contributed by atoms with Crippen LogP contribution in [0.2, 0.25) is 0 Å². The number of hydrogen-bond acceptors (Lipinski definition) is 1. The maximum Gasteiger partial charge on any atom is 0.0758 e. The van der Waals surface area contributed by atoms with E-state index in [4.69, 9.17) is 0 Å². The van der Waals surface area contributed by atoms with Crippen LogP contribution in [-0.4, -0.2) is 11.2 Å². The van der Waals surface area contributed by atoms with Gasteiger partial charge in [-0.3, -0.25) is 0 Å². The van der Waals surface area contributed by atoms with Gasteiger partial charge in [0.25, 0.3) is 0 Å². The summed E-state index contributed by atoms with van der Waals surface area (Å²) < 4.78 is 0. The minimum Gasteiger partial charge on any atom is -0.389 e. The monoisotopic (exact) mass is 314 g/mol. The second-order valence-corrected chi connectivity index (χ2v) is 5.41. The van der Waals surface area contributed by atoms with E-state index < -0.39 is 6.10 Å². The average Bonchev–Trinajstić information content (AvgIpc) is 2.55. The van der Waals surface area contributed by atoms with Gasteiger partial charge in [0.2, 0.25) is 0 Å². The number of aliphatic hydroxyl groups is 1. The van der Waals surface area contributed by atoms with Gasteiger partial charge in [-0.2, -0.15) is 0 Å². The zero-order valence-corrected chi connectivity index (χ0v) is 14.9. The van der Waals surface area contributed by atoms with Crippen LogP contribution in [0.15, 0.2) is 72.9 Å². The molecule has 0 spiro atoms. The van der Waals surface area contributed by atoms with Crippen LogP contribution < -0.4 is 0 Å². The Bertz CT molecular complexity index is 408. The molecule has 1 heteroatoms. The molecule has 1 unspecified atom stereocenters. The summed E-state index contributed by atoms with van der Waals surface area (Å²) in [5, 5.41) is 9.80. The van der Waals surface area contributed by atoms with Crippen LogP contribution in [0.25, 0.3) is 0 Å². The van der Waals surface area contributed by atoms with Crippen molar-refractivity contribution in [3.63, 3.8) is 0 Å². The van der Waals surface area contributed by atoms with E-state index in [1.807, 2.05) is 24.3 Å². The Balaban J connectivity index is 3.69. The average molecular weight is 315 g/mol. The number of aliphatic hydroxyl groups excluding tert-OH is 1. The highest BCUT2D eigenvalue weighted by atomic mass is 16.3. The van der Waals surface area contributed by atoms with Crippen LogP contribution in [0, 0.1) is 0 Å². The molecule has 0 aromatic rings. The standard InChI is InChI=1S/C22H34O/c1-3-5-7-9-11-12-13-15-17-19-21-22(23)20-18-16-14-10-8-6-4-2/h6-9,12-14,16-20,22-23H,3-5,10-11,15,21H2,1-2H3/b8-6-,9-7-,13-12-,16-14+,19-17-,20-18+. The molecule has 1 nitrogen and oxygen atoms in total. The molecule has 0 bridgehead atoms. The molecule has 0 aliphatic heterocycles. The molecule has 0 radical (unpaired) electrons. The Morgan fingerprint density at radius 1 is 0.696 bits per heavy atom. The molecule has 0 aliphatic carbocycles. The van der Waals surface area contributed by atoms with Crippen molar-refractivity contribution < 1.29 is 5.11 Å². The highest BCUT2D eigenvalue weighted by Gasteiger charge is 1.92. The Morgan fingerprint density at radius 2 is 1.30 bits per heavy atom. The summed E-state index contributed by atoms with van der Waals surface area (Å²) in [6.45, 7) is 4.32. The number of hydrogen-bond donors (Lipinski definition) is 1. The highest BCUT2D eigenvalue weighted by Crippen LogP contribution is 1.99. The van der Waals surface area contributed by atoms with Gasteiger partial charge < -0.3 is 5.11 Å². The molecule has 0 rings (SSSR count). The van der Waals surface area contributed by atoms with E-state index in [1.54, 1.807) is 0 Å². The second kappa shape index (κ2) is 18.4. The van der Waals surface area contributed by atoms with Gasteiger partial charge in [0.05, 0.1) is 6.10 Å². The minimum absolute atomic E-state index is 0.400. The molecule has 1 N–H and O–H groups in total. The maximum atomic E-state index is 9.80. The molecular formula is C22H34O. The van der Waals surface area contributed by atoms with Gasteiger partial charge in [0.15, 0.2) is 0 Å². The van der Waals surface area contributed by atoms with Crippen LogP contribution in [-0.2, 0) is 0 Å². The van der Waals surface area contributed by atoms with E-state index in [0.29, 0.717) is 6.42 Å². The lowest BCUT2D eigenvalue weighted by molar-refractivity contribution is 0.227. The van der Waals surface area contributed by atoms with Crippen molar-refractivity contribution in [2.24, 2.45) is 0 Å². The molecule has 23 heavy (non-hydrogen) atoms. The quantitative estimate of drug-likeness (QED) is 0.306. The van der Waals surface area contributed by atoms with Crippen molar-refractivity contribution in [3.05, 3.63) is 72.9 Å². The van der Waals surface area contributed by atoms with E-state index in [0.717, 1.165) is 25.7 Å². The SMILES string of the molecule is CC/C=C\C/C=C/C=C/C(O)C/C=C\C/C=C\C/C=C\CCC. The Labute approximate surface area is 143 Å². The molecule has 0 saturated carbocycles. The maximum absolute atomic E-state index is 9.80. The van der Waals surface area contributed by atoms with Crippen molar-refractivity contribution in [3.8, 4) is 0 Å².